The van der Waals surface area contributed by atoms with Gasteiger partial charge >= 0.3 is 0 Å². The molecule has 2 rings (SSSR count). The minimum Gasteiger partial charge on any atom is -0.379 e. The van der Waals surface area contributed by atoms with Gasteiger partial charge in [-0.15, -0.1) is 0 Å². The molecule has 0 spiro atoms. The van der Waals surface area contributed by atoms with Crippen LogP contribution in [0.25, 0.3) is 0 Å². The van der Waals surface area contributed by atoms with Crippen LogP contribution in [0.3, 0.4) is 0 Å². The van der Waals surface area contributed by atoms with Gasteiger partial charge in [0.1, 0.15) is 0 Å². The van der Waals surface area contributed by atoms with E-state index in [-0.39, 0.29) is 0 Å². The topological polar surface area (TPSA) is 24.5 Å². The van der Waals surface area contributed by atoms with Crippen LogP contribution in [-0.4, -0.2) is 43.8 Å². The summed E-state index contributed by atoms with van der Waals surface area (Å²) in [4.78, 5) is 2.53. The number of benzene rings is 1. The maximum absolute atomic E-state index is 5.53. The summed E-state index contributed by atoms with van der Waals surface area (Å²) >= 11 is 0. The molecule has 21 heavy (non-hydrogen) atoms. The smallest absolute Gasteiger partial charge is 0.0619 e. The maximum atomic E-state index is 5.53. The van der Waals surface area contributed by atoms with Gasteiger partial charge in [-0.2, -0.15) is 0 Å². The molecule has 1 aromatic rings. The lowest BCUT2D eigenvalue weighted by Crippen LogP contribution is -2.43. The second-order valence-corrected chi connectivity index (χ2v) is 6.51. The molecule has 1 aliphatic rings. The third-order valence-electron chi connectivity index (χ3n) is 4.12. The first-order valence-corrected chi connectivity index (χ1v) is 8.26. The van der Waals surface area contributed by atoms with Gasteiger partial charge in [-0.05, 0) is 43.5 Å². The van der Waals surface area contributed by atoms with Gasteiger partial charge in [0.15, 0.2) is 0 Å². The lowest BCUT2D eigenvalue weighted by Gasteiger charge is -2.33. The van der Waals surface area contributed by atoms with Crippen molar-refractivity contribution in [2.75, 3.05) is 32.8 Å². The number of morpholine rings is 1. The van der Waals surface area contributed by atoms with E-state index in [4.69, 9.17) is 4.74 Å². The molecule has 118 valence electrons. The molecule has 0 aromatic heterocycles. The van der Waals surface area contributed by atoms with Crippen molar-refractivity contribution in [3.63, 3.8) is 0 Å². The highest BCUT2D eigenvalue weighted by molar-refractivity contribution is 5.27. The average molecular weight is 290 g/mol. The lowest BCUT2D eigenvalue weighted by molar-refractivity contribution is -0.00447. The molecule has 1 fully saturated rings. The Balaban J connectivity index is 1.90. The number of nitrogens with zero attached hydrogens (tertiary/aromatic N) is 1. The predicted molar refractivity (Wildman–Crippen MR) is 88.5 cm³/mol. The molecule has 0 saturated carbocycles. The molecule has 1 saturated heterocycles. The monoisotopic (exact) mass is 290 g/mol. The number of rotatable bonds is 7. The molecule has 1 aromatic carbocycles. The number of ether oxygens (including phenoxy) is 1. The molecule has 3 nitrogen and oxygen atoms in total. The Morgan fingerprint density at radius 3 is 2.76 bits per heavy atom. The quantitative estimate of drug-likeness (QED) is 0.782. The van der Waals surface area contributed by atoms with Gasteiger partial charge in [0, 0.05) is 19.1 Å². The Hall–Kier alpha value is -0.900. The molecule has 3 heteroatoms. The van der Waals surface area contributed by atoms with E-state index in [0.717, 1.165) is 51.7 Å². The van der Waals surface area contributed by atoms with Crippen LogP contribution in [0.2, 0.25) is 0 Å². The second-order valence-electron chi connectivity index (χ2n) is 6.51. The number of nitrogens with one attached hydrogen (secondary N) is 1. The average Bonchev–Trinajstić information content (AvgIpc) is 2.47. The Morgan fingerprint density at radius 2 is 2.05 bits per heavy atom. The third-order valence-corrected chi connectivity index (χ3v) is 4.12. The van der Waals surface area contributed by atoms with Gasteiger partial charge in [-0.1, -0.05) is 38.1 Å². The summed E-state index contributed by atoms with van der Waals surface area (Å²) in [6.07, 6.45) is 1.11. The van der Waals surface area contributed by atoms with Crippen LogP contribution in [0.4, 0.5) is 0 Å². The molecular weight excluding hydrogens is 260 g/mol. The highest BCUT2D eigenvalue weighted by atomic mass is 16.5. The lowest BCUT2D eigenvalue weighted by atomic mass is 10.0. The molecule has 1 N–H and O–H groups in total. The first-order valence-electron chi connectivity index (χ1n) is 8.26. The molecular formula is C18H30N2O. The second kappa shape index (κ2) is 8.52. The predicted octanol–water partition coefficient (Wildman–Crippen LogP) is 2.70. The summed E-state index contributed by atoms with van der Waals surface area (Å²) in [6.45, 7) is 12.7. The normalized spacial score (nSPS) is 20.1. The summed E-state index contributed by atoms with van der Waals surface area (Å²) in [5.41, 5.74) is 2.95. The van der Waals surface area contributed by atoms with E-state index in [9.17, 15) is 0 Å². The van der Waals surface area contributed by atoms with E-state index in [2.05, 4.69) is 55.3 Å². The highest BCUT2D eigenvalue weighted by Gasteiger charge is 2.19. The molecule has 1 aliphatic heterocycles. The summed E-state index contributed by atoms with van der Waals surface area (Å²) in [5, 5.41) is 3.54. The Kier molecular flexibility index (Phi) is 6.68. The SMILES string of the molecule is CC(C)CNCCc1ccccc1CN1CCOCC1C. The van der Waals surface area contributed by atoms with Gasteiger partial charge in [0.2, 0.25) is 0 Å². The number of hydrogen-bond acceptors (Lipinski definition) is 3. The fourth-order valence-electron chi connectivity index (χ4n) is 2.78. The molecule has 0 bridgehead atoms. The Labute approximate surface area is 129 Å². The third kappa shape index (κ3) is 5.42. The molecule has 1 heterocycles. The standard InChI is InChI=1S/C18H30N2O/c1-15(2)12-19-9-8-17-6-4-5-7-18(17)13-20-10-11-21-14-16(20)3/h4-7,15-16,19H,8-14H2,1-3H3. The van der Waals surface area contributed by atoms with E-state index in [1.54, 1.807) is 0 Å². The zero-order valence-corrected chi connectivity index (χ0v) is 13.8. The molecule has 0 aliphatic carbocycles. The minimum atomic E-state index is 0.519. The van der Waals surface area contributed by atoms with E-state index in [1.807, 2.05) is 0 Å². The van der Waals surface area contributed by atoms with Crippen molar-refractivity contribution >= 4 is 0 Å². The van der Waals surface area contributed by atoms with Crippen LogP contribution in [-0.2, 0) is 17.7 Å². The van der Waals surface area contributed by atoms with Crippen LogP contribution >= 0.6 is 0 Å². The molecule has 0 amide bonds. The van der Waals surface area contributed by atoms with Crippen molar-refractivity contribution in [3.8, 4) is 0 Å². The molecule has 1 atom stereocenters. The minimum absolute atomic E-state index is 0.519. The zero-order valence-electron chi connectivity index (χ0n) is 13.8. The van der Waals surface area contributed by atoms with Crippen LogP contribution in [0.1, 0.15) is 31.9 Å². The maximum Gasteiger partial charge on any atom is 0.0619 e. The first-order chi connectivity index (χ1) is 10.2. The summed E-state index contributed by atoms with van der Waals surface area (Å²) in [5.74, 6) is 0.717. The van der Waals surface area contributed by atoms with Crippen molar-refractivity contribution in [1.82, 2.24) is 10.2 Å². The van der Waals surface area contributed by atoms with Crippen LogP contribution in [0, 0.1) is 5.92 Å². The largest absolute Gasteiger partial charge is 0.379 e. The van der Waals surface area contributed by atoms with Gasteiger partial charge in [0.25, 0.3) is 0 Å². The first kappa shape index (κ1) is 16.5. The van der Waals surface area contributed by atoms with E-state index in [1.165, 1.54) is 11.1 Å². The number of hydrogen-bond donors (Lipinski definition) is 1. The van der Waals surface area contributed by atoms with E-state index in [0.29, 0.717) is 6.04 Å². The fraction of sp³-hybridized carbons (Fsp3) is 0.667. The van der Waals surface area contributed by atoms with E-state index >= 15 is 0 Å². The van der Waals surface area contributed by atoms with Crippen LogP contribution in [0.5, 0.6) is 0 Å². The van der Waals surface area contributed by atoms with Gasteiger partial charge in [0.05, 0.1) is 13.2 Å². The van der Waals surface area contributed by atoms with Crippen molar-refractivity contribution in [3.05, 3.63) is 35.4 Å². The van der Waals surface area contributed by atoms with Crippen LogP contribution in [0.15, 0.2) is 24.3 Å². The van der Waals surface area contributed by atoms with Gasteiger partial charge < -0.3 is 10.1 Å². The van der Waals surface area contributed by atoms with Crippen molar-refractivity contribution < 1.29 is 4.74 Å². The van der Waals surface area contributed by atoms with E-state index < -0.39 is 0 Å². The fourth-order valence-corrected chi connectivity index (χ4v) is 2.78. The van der Waals surface area contributed by atoms with Gasteiger partial charge in [-0.3, -0.25) is 4.90 Å². The van der Waals surface area contributed by atoms with Gasteiger partial charge in [-0.25, -0.2) is 0 Å². The zero-order chi connectivity index (χ0) is 15.1. The Bertz CT molecular complexity index is 419. The summed E-state index contributed by atoms with van der Waals surface area (Å²) in [7, 11) is 0. The molecule has 0 radical (unpaired) electrons. The van der Waals surface area contributed by atoms with Crippen molar-refractivity contribution in [2.45, 2.75) is 39.8 Å². The summed E-state index contributed by atoms with van der Waals surface area (Å²) in [6, 6.07) is 9.39. The summed E-state index contributed by atoms with van der Waals surface area (Å²) < 4.78 is 5.53. The highest BCUT2D eigenvalue weighted by Crippen LogP contribution is 2.16. The van der Waals surface area contributed by atoms with Crippen LogP contribution < -0.4 is 5.32 Å². The van der Waals surface area contributed by atoms with Crippen molar-refractivity contribution in [2.24, 2.45) is 5.92 Å². The molecule has 1 unspecified atom stereocenters. The van der Waals surface area contributed by atoms with Crippen molar-refractivity contribution in [1.29, 1.82) is 0 Å². The Morgan fingerprint density at radius 1 is 1.29 bits per heavy atom.